The molecule has 0 unspecified atom stereocenters. The molecule has 2 fully saturated rings. The predicted molar refractivity (Wildman–Crippen MR) is 174 cm³/mol. The van der Waals surface area contributed by atoms with Crippen LogP contribution >= 0.6 is 15.9 Å². The third-order valence-corrected chi connectivity index (χ3v) is 9.39. The molecule has 4 atom stereocenters. The number of anilines is 1. The highest BCUT2D eigenvalue weighted by Crippen LogP contribution is 2.45. The number of methoxy groups -OCH3 is 2. The van der Waals surface area contributed by atoms with E-state index in [0.29, 0.717) is 11.4 Å². The van der Waals surface area contributed by atoms with Crippen LogP contribution < -0.4 is 14.4 Å². The van der Waals surface area contributed by atoms with Gasteiger partial charge in [0, 0.05) is 10.4 Å². The van der Waals surface area contributed by atoms with Gasteiger partial charge in [-0.2, -0.15) is 10.2 Å². The second-order valence-corrected chi connectivity index (χ2v) is 12.5. The molecule has 3 heterocycles. The Morgan fingerprint density at radius 3 is 2.37 bits per heavy atom. The van der Waals surface area contributed by atoms with Crippen molar-refractivity contribution in [2.24, 2.45) is 21.4 Å². The van der Waals surface area contributed by atoms with Crippen LogP contribution in [0.25, 0.3) is 6.08 Å². The van der Waals surface area contributed by atoms with Gasteiger partial charge in [0.15, 0.2) is 12.1 Å². The molecule has 3 aromatic rings. The van der Waals surface area contributed by atoms with Gasteiger partial charge in [0.2, 0.25) is 0 Å². The molecule has 0 N–H and O–H groups in total. The lowest BCUT2D eigenvalue weighted by molar-refractivity contribution is -0.136. The molecule has 3 aromatic carbocycles. The summed E-state index contributed by atoms with van der Waals surface area (Å²) in [5.74, 6) is 0.194. The van der Waals surface area contributed by atoms with Crippen molar-refractivity contribution in [2.75, 3.05) is 25.7 Å². The maximum absolute atomic E-state index is 14.2. The van der Waals surface area contributed by atoms with Crippen molar-refractivity contribution in [1.82, 2.24) is 10.0 Å². The summed E-state index contributed by atoms with van der Waals surface area (Å²) in [7, 11) is 3.25. The van der Waals surface area contributed by atoms with Crippen LogP contribution in [-0.4, -0.2) is 66.3 Å². The molecule has 0 aromatic heterocycles. The molecule has 46 heavy (non-hydrogen) atoms. The number of carbonyl (C=O) groups excluding carboxylic acids is 3. The largest absolute Gasteiger partial charge is 0.497 e. The second-order valence-electron chi connectivity index (χ2n) is 11.6. The number of rotatable bonds is 7. The van der Waals surface area contributed by atoms with Crippen molar-refractivity contribution < 1.29 is 23.9 Å². The molecule has 0 spiro atoms. The van der Waals surface area contributed by atoms with E-state index in [0.717, 1.165) is 56.8 Å². The SMILES string of the molecule is COc1ccc(/C=C2\CCC[C@@H]3C2=NN(C(=O)CN2N=N[C@@H]4C(=O)N(c5cccc(Br)c5)C(=O)[C@@H]42)[C@@H]3c2ccc(OC)cc2)cc1. The van der Waals surface area contributed by atoms with Crippen LogP contribution in [0, 0.1) is 5.92 Å². The molecular weight excluding hydrogens is 652 g/mol. The molecule has 7 rings (SSSR count). The molecule has 0 radical (unpaired) electrons. The minimum absolute atomic E-state index is 0.0229. The number of amides is 3. The van der Waals surface area contributed by atoms with Gasteiger partial charge in [0.1, 0.15) is 18.0 Å². The highest BCUT2D eigenvalue weighted by Gasteiger charge is 2.55. The Hall–Kier alpha value is -4.84. The molecule has 1 aliphatic carbocycles. The summed E-state index contributed by atoms with van der Waals surface area (Å²) in [5, 5.41) is 16.1. The van der Waals surface area contributed by atoms with Crippen LogP contribution in [0.3, 0.4) is 0 Å². The Kier molecular flexibility index (Phi) is 7.89. The molecule has 4 aliphatic rings. The summed E-state index contributed by atoms with van der Waals surface area (Å²) in [4.78, 5) is 42.1. The summed E-state index contributed by atoms with van der Waals surface area (Å²) in [6.45, 7) is -0.260. The molecule has 1 saturated heterocycles. The van der Waals surface area contributed by atoms with Gasteiger partial charge in [-0.15, -0.1) is 0 Å². The third kappa shape index (κ3) is 5.26. The number of halogens is 1. The van der Waals surface area contributed by atoms with Crippen LogP contribution in [0.15, 0.2) is 98.3 Å². The van der Waals surface area contributed by atoms with Crippen molar-refractivity contribution >= 4 is 51.1 Å². The van der Waals surface area contributed by atoms with Crippen molar-refractivity contribution in [3.8, 4) is 11.5 Å². The topological polar surface area (TPSA) is 116 Å². The first-order chi connectivity index (χ1) is 22.4. The fourth-order valence-corrected chi connectivity index (χ4v) is 7.06. The molecule has 1 saturated carbocycles. The number of hydrogen-bond acceptors (Lipinski definition) is 9. The standard InChI is InChI=1S/C34H31BrN6O5/c1-45-25-13-9-20(10-14-25)17-22-5-3-8-27-29(22)37-41(31(27)21-11-15-26(46-2)16-12-21)28(42)19-39-32-30(36-38-39)33(43)40(34(32)44)24-7-4-6-23(35)18-24/h4,6-7,9-18,27,30-32H,3,5,8,19H2,1-2H3/b22-17+/t27-,30+,31-,32-/m1/s1. The Labute approximate surface area is 274 Å². The smallest absolute Gasteiger partial charge is 0.264 e. The lowest BCUT2D eigenvalue weighted by atomic mass is 9.77. The van der Waals surface area contributed by atoms with Crippen LogP contribution in [-0.2, 0) is 14.4 Å². The average molecular weight is 684 g/mol. The highest BCUT2D eigenvalue weighted by molar-refractivity contribution is 9.10. The maximum atomic E-state index is 14.2. The quantitative estimate of drug-likeness (QED) is 0.300. The number of hydrogen-bond donors (Lipinski definition) is 0. The number of benzene rings is 3. The minimum atomic E-state index is -1.01. The fourth-order valence-electron chi connectivity index (χ4n) is 6.68. The van der Waals surface area contributed by atoms with Crippen LogP contribution in [0.1, 0.15) is 36.4 Å². The molecule has 12 heteroatoms. The van der Waals surface area contributed by atoms with E-state index in [4.69, 9.17) is 14.6 Å². The Morgan fingerprint density at radius 2 is 1.67 bits per heavy atom. The molecule has 0 bridgehead atoms. The van der Waals surface area contributed by atoms with Gasteiger partial charge in [-0.1, -0.05) is 51.5 Å². The minimum Gasteiger partial charge on any atom is -0.497 e. The van der Waals surface area contributed by atoms with Crippen molar-refractivity contribution in [3.63, 3.8) is 0 Å². The Bertz CT molecular complexity index is 1790. The monoisotopic (exact) mass is 682 g/mol. The second kappa shape index (κ2) is 12.2. The van der Waals surface area contributed by atoms with E-state index in [-0.39, 0.29) is 24.4 Å². The van der Waals surface area contributed by atoms with Gasteiger partial charge >= 0.3 is 0 Å². The third-order valence-electron chi connectivity index (χ3n) is 8.89. The van der Waals surface area contributed by atoms with Crippen molar-refractivity contribution in [2.45, 2.75) is 37.4 Å². The molecular formula is C34H31BrN6O5. The number of fused-ring (bicyclic) bond motifs is 2. The van der Waals surface area contributed by atoms with E-state index < -0.39 is 23.9 Å². The maximum Gasteiger partial charge on any atom is 0.264 e. The summed E-state index contributed by atoms with van der Waals surface area (Å²) >= 11 is 3.40. The van der Waals surface area contributed by atoms with E-state index in [1.165, 1.54) is 10.0 Å². The number of allylic oxidation sites excluding steroid dienone is 1. The number of imide groups is 1. The van der Waals surface area contributed by atoms with Gasteiger partial charge in [0.05, 0.1) is 31.7 Å². The number of hydrazone groups is 1. The van der Waals surface area contributed by atoms with Gasteiger partial charge in [-0.05, 0) is 84.5 Å². The molecule has 3 aliphatic heterocycles. The van der Waals surface area contributed by atoms with Crippen LogP contribution in [0.5, 0.6) is 11.5 Å². The highest BCUT2D eigenvalue weighted by atomic mass is 79.9. The summed E-state index contributed by atoms with van der Waals surface area (Å²) in [6.07, 6.45) is 4.78. The molecule has 3 amide bonds. The summed E-state index contributed by atoms with van der Waals surface area (Å²) in [5.41, 5.74) is 4.35. The lowest BCUT2D eigenvalue weighted by Gasteiger charge is -2.30. The van der Waals surface area contributed by atoms with Gasteiger partial charge in [0.25, 0.3) is 17.7 Å². The van der Waals surface area contributed by atoms with E-state index >= 15 is 0 Å². The molecule has 11 nitrogen and oxygen atoms in total. The first kappa shape index (κ1) is 29.8. The average Bonchev–Trinajstić information content (AvgIpc) is 3.74. The zero-order valence-corrected chi connectivity index (χ0v) is 26.8. The van der Waals surface area contributed by atoms with Gasteiger partial charge < -0.3 is 9.47 Å². The zero-order valence-electron chi connectivity index (χ0n) is 25.2. The van der Waals surface area contributed by atoms with E-state index in [2.05, 4.69) is 32.3 Å². The van der Waals surface area contributed by atoms with E-state index in [1.807, 2.05) is 54.6 Å². The van der Waals surface area contributed by atoms with E-state index in [9.17, 15) is 14.4 Å². The summed E-state index contributed by atoms with van der Waals surface area (Å²) in [6, 6.07) is 20.1. The molecule has 234 valence electrons. The first-order valence-electron chi connectivity index (χ1n) is 15.1. The van der Waals surface area contributed by atoms with Crippen molar-refractivity contribution in [1.29, 1.82) is 0 Å². The Morgan fingerprint density at radius 1 is 0.957 bits per heavy atom. The normalized spacial score (nSPS) is 24.4. The van der Waals surface area contributed by atoms with Crippen molar-refractivity contribution in [3.05, 3.63) is 94.0 Å². The first-order valence-corrected chi connectivity index (χ1v) is 15.9. The van der Waals surface area contributed by atoms with E-state index in [1.54, 1.807) is 32.4 Å². The van der Waals surface area contributed by atoms with Gasteiger partial charge in [-0.25, -0.2) is 9.91 Å². The zero-order chi connectivity index (χ0) is 31.9. The van der Waals surface area contributed by atoms with Gasteiger partial charge in [-0.3, -0.25) is 19.4 Å². The Balaban J connectivity index is 1.19. The predicted octanol–water partition coefficient (Wildman–Crippen LogP) is 5.58. The number of ether oxygens (including phenoxy) is 2. The van der Waals surface area contributed by atoms with Crippen LogP contribution in [0.2, 0.25) is 0 Å². The number of nitrogens with zero attached hydrogens (tertiary/aromatic N) is 6. The van der Waals surface area contributed by atoms with Crippen LogP contribution in [0.4, 0.5) is 5.69 Å². The summed E-state index contributed by atoms with van der Waals surface area (Å²) < 4.78 is 11.4. The lowest BCUT2D eigenvalue weighted by Crippen LogP contribution is -2.45. The fraction of sp³-hybridized carbons (Fsp3) is 0.294. The number of carbonyl (C=O) groups is 3.